The minimum absolute atomic E-state index is 0.394. The van der Waals surface area contributed by atoms with E-state index in [0.717, 1.165) is 57.7 Å². The van der Waals surface area contributed by atoms with Gasteiger partial charge in [0.25, 0.3) is 0 Å². The van der Waals surface area contributed by atoms with Crippen molar-refractivity contribution in [3.63, 3.8) is 0 Å². The molecule has 1 N–H and O–H groups in total. The van der Waals surface area contributed by atoms with Crippen LogP contribution < -0.4 is 5.32 Å². The molecule has 0 aromatic rings. The van der Waals surface area contributed by atoms with Crippen molar-refractivity contribution >= 4 is 5.91 Å². The van der Waals surface area contributed by atoms with Gasteiger partial charge in [0.1, 0.15) is 0 Å². The molecule has 1 aliphatic heterocycles. The van der Waals surface area contributed by atoms with E-state index in [1.165, 1.54) is 25.7 Å². The minimum atomic E-state index is 0.394. The summed E-state index contributed by atoms with van der Waals surface area (Å²) in [6.07, 6.45) is 10.2. The molecule has 1 rings (SSSR count). The summed E-state index contributed by atoms with van der Waals surface area (Å²) >= 11 is 0. The molecule has 0 bridgehead atoms. The summed E-state index contributed by atoms with van der Waals surface area (Å²) < 4.78 is 0. The van der Waals surface area contributed by atoms with Gasteiger partial charge in [-0.2, -0.15) is 0 Å². The number of unbranched alkanes of at least 4 members (excludes halogenated alkanes) is 2. The number of nitrogens with one attached hydrogen (secondary N) is 1. The summed E-state index contributed by atoms with van der Waals surface area (Å²) in [5.74, 6) is 1.15. The molecule has 3 nitrogen and oxygen atoms in total. The number of rotatable bonds is 10. The minimum Gasteiger partial charge on any atom is -0.340 e. The number of piperidine rings is 1. The fraction of sp³-hybridized carbons (Fsp3) is 0.944. The molecule has 1 aliphatic rings. The molecule has 0 aromatic heterocycles. The van der Waals surface area contributed by atoms with Gasteiger partial charge in [-0.25, -0.2) is 0 Å². The van der Waals surface area contributed by atoms with Crippen molar-refractivity contribution in [1.82, 2.24) is 10.2 Å². The largest absolute Gasteiger partial charge is 0.340 e. The van der Waals surface area contributed by atoms with Crippen LogP contribution in [0.2, 0.25) is 0 Å². The van der Waals surface area contributed by atoms with Gasteiger partial charge in [0.05, 0.1) is 0 Å². The molecule has 1 unspecified atom stereocenters. The van der Waals surface area contributed by atoms with E-state index in [0.29, 0.717) is 11.9 Å². The van der Waals surface area contributed by atoms with Gasteiger partial charge in [-0.15, -0.1) is 0 Å². The molecule has 0 saturated carbocycles. The molecule has 1 heterocycles. The van der Waals surface area contributed by atoms with Crippen LogP contribution in [-0.4, -0.2) is 36.5 Å². The van der Waals surface area contributed by atoms with Gasteiger partial charge in [-0.1, -0.05) is 33.1 Å². The lowest BCUT2D eigenvalue weighted by Crippen LogP contribution is -2.39. The van der Waals surface area contributed by atoms with E-state index < -0.39 is 0 Å². The third-order valence-corrected chi connectivity index (χ3v) is 4.79. The predicted molar refractivity (Wildman–Crippen MR) is 90.4 cm³/mol. The third-order valence-electron chi connectivity index (χ3n) is 4.79. The van der Waals surface area contributed by atoms with Gasteiger partial charge >= 0.3 is 0 Å². The van der Waals surface area contributed by atoms with Crippen LogP contribution in [0.15, 0.2) is 0 Å². The van der Waals surface area contributed by atoms with E-state index in [1.54, 1.807) is 0 Å². The van der Waals surface area contributed by atoms with E-state index in [2.05, 4.69) is 31.0 Å². The highest BCUT2D eigenvalue weighted by molar-refractivity contribution is 5.76. The van der Waals surface area contributed by atoms with Gasteiger partial charge in [0.15, 0.2) is 0 Å². The Balaban J connectivity index is 2.40. The number of amides is 1. The molecule has 1 atom stereocenters. The van der Waals surface area contributed by atoms with Crippen LogP contribution >= 0.6 is 0 Å². The van der Waals surface area contributed by atoms with E-state index in [-0.39, 0.29) is 0 Å². The number of nitrogens with zero attached hydrogens (tertiary/aromatic N) is 1. The quantitative estimate of drug-likeness (QED) is 0.619. The molecule has 21 heavy (non-hydrogen) atoms. The Hall–Kier alpha value is -0.570. The maximum absolute atomic E-state index is 12.6. The molecule has 1 fully saturated rings. The van der Waals surface area contributed by atoms with Crippen molar-refractivity contribution in [3.05, 3.63) is 0 Å². The monoisotopic (exact) mass is 296 g/mol. The lowest BCUT2D eigenvalue weighted by molar-refractivity contribution is -0.133. The first-order chi connectivity index (χ1) is 10.2. The second kappa shape index (κ2) is 11.1. The molecule has 0 aromatic carbocycles. The van der Waals surface area contributed by atoms with Crippen LogP contribution in [0, 0.1) is 5.92 Å². The predicted octanol–water partition coefficient (Wildman–Crippen LogP) is 3.97. The van der Waals surface area contributed by atoms with Crippen LogP contribution in [0.5, 0.6) is 0 Å². The molecular formula is C18H36N2O. The van der Waals surface area contributed by atoms with Gasteiger partial charge < -0.3 is 10.2 Å². The summed E-state index contributed by atoms with van der Waals surface area (Å²) in [6, 6.07) is 0.410. The molecule has 124 valence electrons. The number of carbonyl (C=O) groups is 1. The van der Waals surface area contributed by atoms with Crippen molar-refractivity contribution in [2.75, 3.05) is 19.6 Å². The number of hydrogen-bond acceptors (Lipinski definition) is 2. The van der Waals surface area contributed by atoms with Crippen LogP contribution in [0.25, 0.3) is 0 Å². The van der Waals surface area contributed by atoms with E-state index in [1.807, 2.05) is 0 Å². The first kappa shape index (κ1) is 18.5. The highest BCUT2D eigenvalue weighted by Crippen LogP contribution is 2.19. The second-order valence-corrected chi connectivity index (χ2v) is 6.66. The van der Waals surface area contributed by atoms with Crippen molar-refractivity contribution in [3.8, 4) is 0 Å². The first-order valence-electron chi connectivity index (χ1n) is 9.19. The lowest BCUT2D eigenvalue weighted by atomic mass is 9.93. The van der Waals surface area contributed by atoms with Crippen molar-refractivity contribution < 1.29 is 4.79 Å². The van der Waals surface area contributed by atoms with Crippen LogP contribution in [0.1, 0.15) is 78.6 Å². The van der Waals surface area contributed by atoms with Gasteiger partial charge in [0.2, 0.25) is 5.91 Å². The first-order valence-corrected chi connectivity index (χ1v) is 9.19. The van der Waals surface area contributed by atoms with Gasteiger partial charge in [-0.3, -0.25) is 4.79 Å². The Morgan fingerprint density at radius 2 is 1.90 bits per heavy atom. The number of carbonyl (C=O) groups excluding carboxylic acids is 1. The summed E-state index contributed by atoms with van der Waals surface area (Å²) in [5, 5.41) is 3.40. The summed E-state index contributed by atoms with van der Waals surface area (Å²) in [4.78, 5) is 14.8. The maximum atomic E-state index is 12.6. The van der Waals surface area contributed by atoms with Crippen molar-refractivity contribution in [2.45, 2.75) is 84.6 Å². The molecule has 3 heteroatoms. The van der Waals surface area contributed by atoms with E-state index in [4.69, 9.17) is 0 Å². The second-order valence-electron chi connectivity index (χ2n) is 6.66. The molecule has 1 amide bonds. The van der Waals surface area contributed by atoms with Crippen molar-refractivity contribution in [2.24, 2.45) is 5.92 Å². The fourth-order valence-electron chi connectivity index (χ4n) is 3.34. The van der Waals surface area contributed by atoms with E-state index >= 15 is 0 Å². The van der Waals surface area contributed by atoms with Crippen LogP contribution in [0.4, 0.5) is 0 Å². The van der Waals surface area contributed by atoms with Crippen LogP contribution in [-0.2, 0) is 4.79 Å². The normalized spacial score (nSPS) is 17.7. The Morgan fingerprint density at radius 3 is 2.52 bits per heavy atom. The average Bonchev–Trinajstić information content (AvgIpc) is 2.50. The lowest BCUT2D eigenvalue weighted by Gasteiger charge is -2.30. The topological polar surface area (TPSA) is 32.3 Å². The number of hydrogen-bond donors (Lipinski definition) is 1. The fourth-order valence-corrected chi connectivity index (χ4v) is 3.34. The average molecular weight is 296 g/mol. The zero-order valence-corrected chi connectivity index (χ0v) is 14.5. The van der Waals surface area contributed by atoms with E-state index in [9.17, 15) is 4.79 Å². The SMILES string of the molecule is CCCCCN(C(=O)CCC1CCNCC1)C(C)CCC. The Labute approximate surface area is 131 Å². The Morgan fingerprint density at radius 1 is 1.19 bits per heavy atom. The highest BCUT2D eigenvalue weighted by atomic mass is 16.2. The summed E-state index contributed by atoms with van der Waals surface area (Å²) in [6.45, 7) is 9.87. The maximum Gasteiger partial charge on any atom is 0.222 e. The van der Waals surface area contributed by atoms with Gasteiger partial charge in [0, 0.05) is 19.0 Å². The summed E-state index contributed by atoms with van der Waals surface area (Å²) in [7, 11) is 0. The molecule has 1 saturated heterocycles. The van der Waals surface area contributed by atoms with Gasteiger partial charge in [-0.05, 0) is 58.0 Å². The molecule has 0 aliphatic carbocycles. The molecule has 0 spiro atoms. The smallest absolute Gasteiger partial charge is 0.222 e. The standard InChI is InChI=1S/C18H36N2O/c1-4-6-7-15-20(16(3)8-5-2)18(21)10-9-17-11-13-19-14-12-17/h16-17,19H,4-15H2,1-3H3. The Kier molecular flexibility index (Phi) is 9.73. The zero-order chi connectivity index (χ0) is 15.5. The zero-order valence-electron chi connectivity index (χ0n) is 14.5. The summed E-state index contributed by atoms with van der Waals surface area (Å²) in [5.41, 5.74) is 0. The molecule has 0 radical (unpaired) electrons. The molecular weight excluding hydrogens is 260 g/mol. The Bertz CT molecular complexity index is 274. The highest BCUT2D eigenvalue weighted by Gasteiger charge is 2.21. The van der Waals surface area contributed by atoms with Crippen LogP contribution in [0.3, 0.4) is 0 Å². The third kappa shape index (κ3) is 7.30. The van der Waals surface area contributed by atoms with Crippen molar-refractivity contribution in [1.29, 1.82) is 0 Å².